The number of ether oxygens (including phenoxy) is 1. The minimum atomic E-state index is -0.694. The van der Waals surface area contributed by atoms with Crippen LogP contribution in [0.15, 0.2) is 30.5 Å². The van der Waals surface area contributed by atoms with Crippen LogP contribution in [-0.2, 0) is 4.79 Å². The number of fused-ring (bicyclic) bond motifs is 1. The number of pyridine rings is 1. The highest BCUT2D eigenvalue weighted by Gasteiger charge is 2.31. The number of aliphatic carboxylic acids is 1. The Morgan fingerprint density at radius 1 is 1.14 bits per heavy atom. The third kappa shape index (κ3) is 4.89. The molecule has 1 aliphatic heterocycles. The number of H-pyrrole nitrogens is 1. The third-order valence-electron chi connectivity index (χ3n) is 7.83. The lowest BCUT2D eigenvalue weighted by atomic mass is 9.82. The average Bonchev–Trinajstić information content (AvgIpc) is 3.28. The monoisotopic (exact) mass is 483 g/mol. The quantitative estimate of drug-likeness (QED) is 0.468. The maximum Gasteiger partial charge on any atom is 0.303 e. The fraction of sp³-hybridized carbons (Fsp3) is 0.481. The molecular weight excluding hydrogens is 452 g/mol. The molecule has 2 fully saturated rings. The third-order valence-corrected chi connectivity index (χ3v) is 7.83. The topological polar surface area (TPSA) is 78.5 Å². The van der Waals surface area contributed by atoms with Crippen LogP contribution in [0.4, 0.5) is 8.78 Å². The number of hydrogen-bond donors (Lipinski definition) is 2. The minimum Gasteiger partial charge on any atom is -0.496 e. The van der Waals surface area contributed by atoms with Crippen molar-refractivity contribution in [1.29, 1.82) is 0 Å². The Hall–Kier alpha value is -3.00. The van der Waals surface area contributed by atoms with Gasteiger partial charge >= 0.3 is 5.97 Å². The van der Waals surface area contributed by atoms with Crippen LogP contribution in [0, 0.1) is 17.6 Å². The molecule has 1 saturated carbocycles. The van der Waals surface area contributed by atoms with Gasteiger partial charge in [-0.2, -0.15) is 0 Å². The number of halogens is 2. The number of carboxylic acid groups (broad SMARTS) is 1. The molecular formula is C27H31F2N3O3. The Labute approximate surface area is 203 Å². The fourth-order valence-electron chi connectivity index (χ4n) is 5.98. The van der Waals surface area contributed by atoms with Crippen LogP contribution < -0.4 is 4.74 Å². The van der Waals surface area contributed by atoms with Gasteiger partial charge in [-0.15, -0.1) is 0 Å². The van der Waals surface area contributed by atoms with Crippen molar-refractivity contribution < 1.29 is 23.4 Å². The predicted molar refractivity (Wildman–Crippen MR) is 130 cm³/mol. The molecule has 1 aliphatic carbocycles. The first-order valence-electron chi connectivity index (χ1n) is 12.4. The highest BCUT2D eigenvalue weighted by atomic mass is 19.1. The Morgan fingerprint density at radius 2 is 1.89 bits per heavy atom. The summed E-state index contributed by atoms with van der Waals surface area (Å²) in [5.74, 6) is -0.626. The van der Waals surface area contributed by atoms with E-state index in [0.717, 1.165) is 57.3 Å². The van der Waals surface area contributed by atoms with Gasteiger partial charge < -0.3 is 19.7 Å². The molecule has 2 aliphatic rings. The lowest BCUT2D eigenvalue weighted by Gasteiger charge is -2.40. The first kappa shape index (κ1) is 23.7. The minimum absolute atomic E-state index is 0.285. The number of likely N-dealkylation sites (tertiary alicyclic amines) is 1. The van der Waals surface area contributed by atoms with Crippen molar-refractivity contribution in [1.82, 2.24) is 14.9 Å². The van der Waals surface area contributed by atoms with Crippen LogP contribution in [0.5, 0.6) is 5.75 Å². The van der Waals surface area contributed by atoms with Crippen molar-refractivity contribution in [2.45, 2.75) is 56.9 Å². The van der Waals surface area contributed by atoms with Gasteiger partial charge in [0.25, 0.3) is 0 Å². The Kier molecular flexibility index (Phi) is 6.73. The van der Waals surface area contributed by atoms with Crippen molar-refractivity contribution in [3.8, 4) is 16.9 Å². The summed E-state index contributed by atoms with van der Waals surface area (Å²) in [6.45, 7) is 1.97. The number of nitrogens with zero attached hydrogens (tertiary/aromatic N) is 2. The summed E-state index contributed by atoms with van der Waals surface area (Å²) in [6, 6.07) is 6.60. The largest absolute Gasteiger partial charge is 0.496 e. The molecule has 2 N–H and O–H groups in total. The highest BCUT2D eigenvalue weighted by molar-refractivity contribution is 5.95. The normalized spacial score (nSPS) is 21.9. The molecule has 0 radical (unpaired) electrons. The van der Waals surface area contributed by atoms with E-state index in [-0.39, 0.29) is 6.42 Å². The summed E-state index contributed by atoms with van der Waals surface area (Å²) in [5.41, 5.74) is 2.28. The second-order valence-electron chi connectivity index (χ2n) is 9.90. The number of methoxy groups -OCH3 is 1. The van der Waals surface area contributed by atoms with Crippen molar-refractivity contribution in [3.63, 3.8) is 0 Å². The maximum absolute atomic E-state index is 15.0. The van der Waals surface area contributed by atoms with E-state index in [1.165, 1.54) is 31.5 Å². The van der Waals surface area contributed by atoms with Gasteiger partial charge in [-0.1, -0.05) is 0 Å². The number of benzene rings is 1. The van der Waals surface area contributed by atoms with Crippen LogP contribution in [-0.4, -0.2) is 52.2 Å². The van der Waals surface area contributed by atoms with E-state index in [4.69, 9.17) is 9.84 Å². The van der Waals surface area contributed by atoms with Gasteiger partial charge in [0.1, 0.15) is 23.0 Å². The van der Waals surface area contributed by atoms with E-state index >= 15 is 0 Å². The van der Waals surface area contributed by atoms with Crippen molar-refractivity contribution in [3.05, 3.63) is 47.8 Å². The Balaban J connectivity index is 1.31. The SMILES string of the molecule is COc1ccc(F)cc1-c1c(F)cnc2[nH]c(C3CCN([C@H]4CC[C@H](CC(=O)O)CC4)CC3)cc12. The molecule has 0 unspecified atom stereocenters. The molecule has 35 heavy (non-hydrogen) atoms. The molecule has 3 heterocycles. The van der Waals surface area contributed by atoms with Gasteiger partial charge in [0.15, 0.2) is 0 Å². The standard InChI is InChI=1S/C27H31F2N3O3/c1-35-24-7-4-18(28)13-20(24)26-21-14-23(31-27(21)30-15-22(26)29)17-8-10-32(11-9-17)19-5-2-16(3-6-19)12-25(33)34/h4,7,13-17,19H,2-3,5-6,8-12H2,1H3,(H,30,31)(H,33,34)/t16-,19-. The molecule has 8 heteroatoms. The molecule has 6 nitrogen and oxygen atoms in total. The predicted octanol–water partition coefficient (Wildman–Crippen LogP) is 5.73. The number of rotatable bonds is 6. The summed E-state index contributed by atoms with van der Waals surface area (Å²) in [4.78, 5) is 21.2. The van der Waals surface area contributed by atoms with Crippen molar-refractivity contribution in [2.24, 2.45) is 5.92 Å². The summed E-state index contributed by atoms with van der Waals surface area (Å²) in [7, 11) is 1.49. The zero-order valence-corrected chi connectivity index (χ0v) is 19.9. The number of hydrogen-bond acceptors (Lipinski definition) is 4. The number of carboxylic acids is 1. The number of nitrogens with one attached hydrogen (secondary N) is 1. The van der Waals surface area contributed by atoms with Crippen molar-refractivity contribution >= 4 is 17.0 Å². The van der Waals surface area contributed by atoms with E-state index in [1.54, 1.807) is 0 Å². The molecule has 1 saturated heterocycles. The molecule has 2 aromatic heterocycles. The smallest absolute Gasteiger partial charge is 0.303 e. The van der Waals surface area contributed by atoms with Crippen LogP contribution in [0.1, 0.15) is 56.6 Å². The Bertz CT molecular complexity index is 1210. The lowest BCUT2D eigenvalue weighted by molar-refractivity contribution is -0.138. The first-order valence-corrected chi connectivity index (χ1v) is 12.4. The van der Waals surface area contributed by atoms with E-state index < -0.39 is 17.6 Å². The zero-order valence-electron chi connectivity index (χ0n) is 19.9. The highest BCUT2D eigenvalue weighted by Crippen LogP contribution is 2.40. The summed E-state index contributed by atoms with van der Waals surface area (Å²) in [6.07, 6.45) is 7.55. The lowest BCUT2D eigenvalue weighted by Crippen LogP contribution is -2.43. The first-order chi connectivity index (χ1) is 16.9. The average molecular weight is 484 g/mol. The molecule has 0 amide bonds. The van der Waals surface area contributed by atoms with Gasteiger partial charge in [0, 0.05) is 40.6 Å². The second kappa shape index (κ2) is 9.93. The van der Waals surface area contributed by atoms with Gasteiger partial charge in [0.05, 0.1) is 13.3 Å². The second-order valence-corrected chi connectivity index (χ2v) is 9.90. The number of carbonyl (C=O) groups is 1. The van der Waals surface area contributed by atoms with Gasteiger partial charge in [-0.3, -0.25) is 4.79 Å². The number of piperidine rings is 1. The fourth-order valence-corrected chi connectivity index (χ4v) is 5.98. The molecule has 3 aromatic rings. The molecule has 186 valence electrons. The maximum atomic E-state index is 15.0. The molecule has 1 aromatic carbocycles. The Morgan fingerprint density at radius 3 is 2.57 bits per heavy atom. The zero-order chi connectivity index (χ0) is 24.5. The summed E-state index contributed by atoms with van der Waals surface area (Å²) >= 11 is 0. The van der Waals surface area contributed by atoms with Crippen LogP contribution >= 0.6 is 0 Å². The van der Waals surface area contributed by atoms with Gasteiger partial charge in [-0.25, -0.2) is 13.8 Å². The summed E-state index contributed by atoms with van der Waals surface area (Å²) in [5, 5.41) is 9.67. The van der Waals surface area contributed by atoms with Gasteiger partial charge in [0.2, 0.25) is 0 Å². The van der Waals surface area contributed by atoms with E-state index in [0.29, 0.717) is 45.8 Å². The molecule has 0 bridgehead atoms. The van der Waals surface area contributed by atoms with Crippen LogP contribution in [0.25, 0.3) is 22.2 Å². The van der Waals surface area contributed by atoms with E-state index in [9.17, 15) is 13.6 Å². The van der Waals surface area contributed by atoms with E-state index in [2.05, 4.69) is 14.9 Å². The summed E-state index contributed by atoms with van der Waals surface area (Å²) < 4.78 is 34.4. The van der Waals surface area contributed by atoms with Crippen LogP contribution in [0.3, 0.4) is 0 Å². The number of aromatic nitrogens is 2. The molecule has 0 atom stereocenters. The van der Waals surface area contributed by atoms with Gasteiger partial charge in [-0.05, 0) is 81.8 Å². The number of aromatic amines is 1. The molecule has 0 spiro atoms. The van der Waals surface area contributed by atoms with Crippen LogP contribution in [0.2, 0.25) is 0 Å². The molecule has 5 rings (SSSR count). The van der Waals surface area contributed by atoms with Crippen molar-refractivity contribution in [2.75, 3.05) is 20.2 Å². The van der Waals surface area contributed by atoms with E-state index in [1.807, 2.05) is 6.07 Å².